The van der Waals surface area contributed by atoms with Gasteiger partial charge in [-0.25, -0.2) is 4.98 Å². The van der Waals surface area contributed by atoms with Crippen LogP contribution in [0.4, 0.5) is 0 Å². The molecule has 0 aliphatic carbocycles. The van der Waals surface area contributed by atoms with Crippen molar-refractivity contribution >= 4 is 23.3 Å². The monoisotopic (exact) mass is 357 g/mol. The van der Waals surface area contributed by atoms with Gasteiger partial charge < -0.3 is 9.64 Å². The molecule has 2 aromatic heterocycles. The van der Waals surface area contributed by atoms with Crippen molar-refractivity contribution in [2.24, 2.45) is 0 Å². The number of ether oxygens (including phenoxy) is 1. The van der Waals surface area contributed by atoms with Gasteiger partial charge in [0.15, 0.2) is 0 Å². The van der Waals surface area contributed by atoms with Crippen LogP contribution in [-0.2, 0) is 4.74 Å². The number of benzene rings is 1. The summed E-state index contributed by atoms with van der Waals surface area (Å²) in [4.78, 5) is 23.0. The zero-order chi connectivity index (χ0) is 17.4. The van der Waals surface area contributed by atoms with E-state index in [1.807, 2.05) is 13.0 Å². The molecule has 1 aliphatic rings. The predicted molar refractivity (Wildman–Crippen MR) is 91.6 cm³/mol. The third-order valence-electron chi connectivity index (χ3n) is 4.16. The molecule has 1 aliphatic heterocycles. The fourth-order valence-electron chi connectivity index (χ4n) is 3.01. The van der Waals surface area contributed by atoms with Gasteiger partial charge in [0.25, 0.3) is 11.7 Å². The van der Waals surface area contributed by atoms with E-state index >= 15 is 0 Å². The van der Waals surface area contributed by atoms with Gasteiger partial charge in [0, 0.05) is 22.8 Å². The molecule has 0 radical (unpaired) electrons. The number of carbonyl (C=O) groups excluding carboxylic acids is 1. The molecule has 1 aromatic carbocycles. The van der Waals surface area contributed by atoms with Crippen LogP contribution < -0.4 is 0 Å². The summed E-state index contributed by atoms with van der Waals surface area (Å²) >= 11 is 6.00. The highest BCUT2D eigenvalue weighted by Crippen LogP contribution is 2.24. The Morgan fingerprint density at radius 1 is 1.36 bits per heavy atom. The number of rotatable bonds is 2. The van der Waals surface area contributed by atoms with Crippen molar-refractivity contribution in [3.8, 4) is 0 Å². The van der Waals surface area contributed by atoms with E-state index in [0.29, 0.717) is 36.1 Å². The van der Waals surface area contributed by atoms with E-state index in [2.05, 4.69) is 15.1 Å². The molecule has 1 fully saturated rings. The Labute approximate surface area is 149 Å². The summed E-state index contributed by atoms with van der Waals surface area (Å²) < 4.78 is 7.56. The molecule has 0 N–H and O–H groups in total. The zero-order valence-corrected chi connectivity index (χ0v) is 14.3. The number of aromatic nitrogens is 4. The molecule has 3 heterocycles. The minimum absolute atomic E-state index is 0.0589. The van der Waals surface area contributed by atoms with Gasteiger partial charge in [-0.05, 0) is 31.2 Å². The third-order valence-corrected chi connectivity index (χ3v) is 4.40. The van der Waals surface area contributed by atoms with E-state index < -0.39 is 0 Å². The van der Waals surface area contributed by atoms with E-state index in [1.165, 1.54) is 6.33 Å². The first kappa shape index (κ1) is 16.0. The van der Waals surface area contributed by atoms with E-state index in [9.17, 15) is 4.79 Å². The van der Waals surface area contributed by atoms with Gasteiger partial charge in [-0.15, -0.1) is 0 Å². The lowest BCUT2D eigenvalue weighted by Gasteiger charge is -2.33. The number of hydrogen-bond acceptors (Lipinski definition) is 5. The van der Waals surface area contributed by atoms with Gasteiger partial charge in [-0.3, -0.25) is 4.79 Å². The number of nitrogens with zero attached hydrogens (tertiary/aromatic N) is 5. The van der Waals surface area contributed by atoms with Crippen molar-refractivity contribution in [3.63, 3.8) is 0 Å². The van der Waals surface area contributed by atoms with Crippen LogP contribution >= 0.6 is 11.6 Å². The number of morpholine rings is 1. The van der Waals surface area contributed by atoms with Gasteiger partial charge in [0.05, 0.1) is 18.8 Å². The standard InChI is InChI=1S/C17H16ClN5O2/c1-11-7-14(23-17(21-11)19-10-20-23)15-9-22(5-6-25-15)16(24)12-3-2-4-13(18)8-12/h2-4,7-8,10,15H,5-6,9H2,1H3. The van der Waals surface area contributed by atoms with E-state index in [4.69, 9.17) is 16.3 Å². The number of carbonyl (C=O) groups is 1. The number of fused-ring (bicyclic) bond motifs is 1. The SMILES string of the molecule is Cc1cc(C2CN(C(=O)c3cccc(Cl)c3)CCO2)n2ncnc2n1. The van der Waals surface area contributed by atoms with Crippen LogP contribution in [0.5, 0.6) is 0 Å². The summed E-state index contributed by atoms with van der Waals surface area (Å²) in [6.07, 6.45) is 1.17. The Balaban J connectivity index is 1.62. The van der Waals surface area contributed by atoms with Gasteiger partial charge in [0.2, 0.25) is 0 Å². The van der Waals surface area contributed by atoms with E-state index in [1.54, 1.807) is 33.7 Å². The molecule has 7 nitrogen and oxygen atoms in total. The average Bonchev–Trinajstić information content (AvgIpc) is 3.08. The van der Waals surface area contributed by atoms with Gasteiger partial charge in [-0.1, -0.05) is 17.7 Å². The van der Waals surface area contributed by atoms with Crippen molar-refractivity contribution < 1.29 is 9.53 Å². The molecule has 1 amide bonds. The summed E-state index contributed by atoms with van der Waals surface area (Å²) in [5.74, 6) is 0.466. The molecule has 0 spiro atoms. The summed E-state index contributed by atoms with van der Waals surface area (Å²) in [5, 5.41) is 4.76. The van der Waals surface area contributed by atoms with Crippen molar-refractivity contribution in [3.05, 3.63) is 58.6 Å². The first-order chi connectivity index (χ1) is 12.1. The zero-order valence-electron chi connectivity index (χ0n) is 13.6. The second kappa shape index (κ2) is 6.42. The topological polar surface area (TPSA) is 72.6 Å². The van der Waals surface area contributed by atoms with Crippen molar-refractivity contribution in [1.82, 2.24) is 24.5 Å². The molecular weight excluding hydrogens is 342 g/mol. The molecule has 1 saturated heterocycles. The molecular formula is C17H16ClN5O2. The summed E-state index contributed by atoms with van der Waals surface area (Å²) in [7, 11) is 0. The lowest BCUT2D eigenvalue weighted by molar-refractivity contribution is -0.0257. The Hall–Kier alpha value is -2.51. The lowest BCUT2D eigenvalue weighted by Crippen LogP contribution is -2.42. The van der Waals surface area contributed by atoms with Crippen molar-refractivity contribution in [2.45, 2.75) is 13.0 Å². The first-order valence-corrected chi connectivity index (χ1v) is 8.33. The summed E-state index contributed by atoms with van der Waals surface area (Å²) in [6, 6.07) is 8.89. The Morgan fingerprint density at radius 3 is 3.08 bits per heavy atom. The Bertz CT molecular complexity index is 942. The molecule has 4 rings (SSSR count). The maximum Gasteiger partial charge on any atom is 0.254 e. The van der Waals surface area contributed by atoms with Crippen LogP contribution in [0.15, 0.2) is 36.7 Å². The predicted octanol–water partition coefficient (Wildman–Crippen LogP) is 2.30. The van der Waals surface area contributed by atoms with Gasteiger partial charge in [0.1, 0.15) is 12.4 Å². The molecule has 128 valence electrons. The van der Waals surface area contributed by atoms with Gasteiger partial charge >= 0.3 is 0 Å². The lowest BCUT2D eigenvalue weighted by atomic mass is 10.1. The molecule has 0 bridgehead atoms. The smallest absolute Gasteiger partial charge is 0.254 e. The van der Waals surface area contributed by atoms with Crippen LogP contribution in [0.1, 0.15) is 27.8 Å². The van der Waals surface area contributed by atoms with Crippen molar-refractivity contribution in [1.29, 1.82) is 0 Å². The maximum absolute atomic E-state index is 12.8. The van der Waals surface area contributed by atoms with Gasteiger partial charge in [-0.2, -0.15) is 14.6 Å². The van der Waals surface area contributed by atoms with Crippen LogP contribution in [0.25, 0.3) is 5.78 Å². The quantitative estimate of drug-likeness (QED) is 0.703. The average molecular weight is 358 g/mol. The summed E-state index contributed by atoms with van der Waals surface area (Å²) in [6.45, 7) is 3.32. The molecule has 3 aromatic rings. The Morgan fingerprint density at radius 2 is 2.24 bits per heavy atom. The molecule has 25 heavy (non-hydrogen) atoms. The minimum Gasteiger partial charge on any atom is -0.368 e. The number of aryl methyl sites for hydroxylation is 1. The normalized spacial score (nSPS) is 17.8. The molecule has 1 unspecified atom stereocenters. The largest absolute Gasteiger partial charge is 0.368 e. The van der Waals surface area contributed by atoms with Crippen molar-refractivity contribution in [2.75, 3.05) is 19.7 Å². The van der Waals surface area contributed by atoms with E-state index in [-0.39, 0.29) is 12.0 Å². The van der Waals surface area contributed by atoms with E-state index in [0.717, 1.165) is 11.4 Å². The number of amides is 1. The van der Waals surface area contributed by atoms with Crippen LogP contribution in [0.3, 0.4) is 0 Å². The minimum atomic E-state index is -0.289. The maximum atomic E-state index is 12.8. The highest BCUT2D eigenvalue weighted by molar-refractivity contribution is 6.30. The number of hydrogen-bond donors (Lipinski definition) is 0. The third kappa shape index (κ3) is 3.08. The first-order valence-electron chi connectivity index (χ1n) is 7.95. The highest BCUT2D eigenvalue weighted by atomic mass is 35.5. The Kier molecular flexibility index (Phi) is 4.10. The fraction of sp³-hybridized carbons (Fsp3) is 0.294. The van der Waals surface area contributed by atoms with Crippen LogP contribution in [0, 0.1) is 6.92 Å². The molecule has 8 heteroatoms. The fourth-order valence-corrected chi connectivity index (χ4v) is 3.20. The van der Waals surface area contributed by atoms with Crippen LogP contribution in [0.2, 0.25) is 5.02 Å². The molecule has 1 atom stereocenters. The second-order valence-electron chi connectivity index (χ2n) is 5.92. The molecule has 0 saturated carbocycles. The van der Waals surface area contributed by atoms with Crippen LogP contribution in [-0.4, -0.2) is 50.1 Å². The summed E-state index contributed by atoms with van der Waals surface area (Å²) in [5.41, 5.74) is 2.24. The second-order valence-corrected chi connectivity index (χ2v) is 6.35. The number of halogens is 1. The highest BCUT2D eigenvalue weighted by Gasteiger charge is 2.28.